The summed E-state index contributed by atoms with van der Waals surface area (Å²) in [5, 5.41) is 2.72. The Morgan fingerprint density at radius 1 is 1.32 bits per heavy atom. The number of hydrogen-bond acceptors (Lipinski definition) is 5. The molecule has 0 aliphatic carbocycles. The first-order valence-electron chi connectivity index (χ1n) is 6.46. The Kier molecular flexibility index (Phi) is 5.17. The molecular weight excluding hydrogens is 248 g/mol. The Labute approximate surface area is 114 Å². The Bertz CT molecular complexity index is 338. The maximum Gasteiger partial charge on any atom is 0.407 e. The van der Waals surface area contributed by atoms with Crippen molar-refractivity contribution in [2.75, 3.05) is 33.8 Å². The van der Waals surface area contributed by atoms with Gasteiger partial charge in [-0.25, -0.2) is 4.79 Å². The van der Waals surface area contributed by atoms with E-state index in [0.717, 1.165) is 6.54 Å². The van der Waals surface area contributed by atoms with Crippen LogP contribution < -0.4 is 5.32 Å². The molecule has 0 radical (unpaired) electrons. The van der Waals surface area contributed by atoms with Crippen molar-refractivity contribution < 1.29 is 19.1 Å². The predicted octanol–water partition coefficient (Wildman–Crippen LogP) is 0.862. The van der Waals surface area contributed by atoms with Gasteiger partial charge in [0, 0.05) is 25.6 Å². The van der Waals surface area contributed by atoms with Gasteiger partial charge >= 0.3 is 12.1 Å². The number of amides is 1. The summed E-state index contributed by atoms with van der Waals surface area (Å²) in [4.78, 5) is 25.3. The van der Waals surface area contributed by atoms with Crippen LogP contribution >= 0.6 is 0 Å². The molecule has 0 unspecified atom stereocenters. The first-order chi connectivity index (χ1) is 8.73. The van der Waals surface area contributed by atoms with E-state index < -0.39 is 11.7 Å². The number of alkyl carbamates (subject to hydrolysis) is 1. The third-order valence-corrected chi connectivity index (χ3v) is 3.03. The van der Waals surface area contributed by atoms with Crippen LogP contribution in [0.15, 0.2) is 0 Å². The van der Waals surface area contributed by atoms with Crippen LogP contribution in [-0.2, 0) is 14.3 Å². The van der Waals surface area contributed by atoms with Gasteiger partial charge < -0.3 is 19.7 Å². The van der Waals surface area contributed by atoms with Gasteiger partial charge in [0.25, 0.3) is 0 Å². The zero-order valence-electron chi connectivity index (χ0n) is 12.4. The van der Waals surface area contributed by atoms with E-state index in [0.29, 0.717) is 13.1 Å². The average molecular weight is 272 g/mol. The van der Waals surface area contributed by atoms with Gasteiger partial charge in [-0.1, -0.05) is 0 Å². The number of carbonyl (C=O) groups is 2. The number of nitrogens with zero attached hydrogens (tertiary/aromatic N) is 1. The number of nitrogens with one attached hydrogen (secondary N) is 1. The highest BCUT2D eigenvalue weighted by Crippen LogP contribution is 2.22. The number of ether oxygens (including phenoxy) is 2. The zero-order chi connectivity index (χ0) is 14.6. The molecule has 0 saturated carbocycles. The normalized spacial score (nSPS) is 24.1. The van der Waals surface area contributed by atoms with Crippen molar-refractivity contribution in [3.05, 3.63) is 0 Å². The summed E-state index contributed by atoms with van der Waals surface area (Å²) >= 11 is 0. The molecule has 1 aliphatic heterocycles. The molecule has 19 heavy (non-hydrogen) atoms. The minimum Gasteiger partial charge on any atom is -0.469 e. The highest BCUT2D eigenvalue weighted by Gasteiger charge is 2.37. The molecule has 1 fully saturated rings. The minimum absolute atomic E-state index is 0.0602. The minimum atomic E-state index is -0.516. The second-order valence-electron chi connectivity index (χ2n) is 5.99. The van der Waals surface area contributed by atoms with Crippen molar-refractivity contribution in [1.29, 1.82) is 0 Å². The topological polar surface area (TPSA) is 67.9 Å². The zero-order valence-corrected chi connectivity index (χ0v) is 12.4. The lowest BCUT2D eigenvalue weighted by atomic mass is 9.96. The Morgan fingerprint density at radius 3 is 2.47 bits per heavy atom. The quantitative estimate of drug-likeness (QED) is 0.772. The number of methoxy groups -OCH3 is 1. The van der Waals surface area contributed by atoms with Crippen LogP contribution in [0.3, 0.4) is 0 Å². The van der Waals surface area contributed by atoms with Gasteiger partial charge in [0.1, 0.15) is 5.60 Å². The van der Waals surface area contributed by atoms with Gasteiger partial charge in [-0.15, -0.1) is 0 Å². The monoisotopic (exact) mass is 272 g/mol. The summed E-state index contributed by atoms with van der Waals surface area (Å²) in [5.41, 5.74) is -0.516. The van der Waals surface area contributed by atoms with Gasteiger partial charge in [0.15, 0.2) is 0 Å². The molecule has 0 aromatic carbocycles. The van der Waals surface area contributed by atoms with Crippen molar-refractivity contribution in [1.82, 2.24) is 10.2 Å². The number of likely N-dealkylation sites (tertiary alicyclic amines) is 1. The van der Waals surface area contributed by atoms with Crippen LogP contribution in [0, 0.1) is 11.8 Å². The first kappa shape index (κ1) is 15.8. The molecule has 0 spiro atoms. The molecule has 1 amide bonds. The average Bonchev–Trinajstić information content (AvgIpc) is 2.64. The van der Waals surface area contributed by atoms with E-state index in [1.54, 1.807) is 0 Å². The smallest absolute Gasteiger partial charge is 0.407 e. The lowest BCUT2D eigenvalue weighted by Gasteiger charge is -2.21. The van der Waals surface area contributed by atoms with E-state index in [9.17, 15) is 9.59 Å². The number of esters is 1. The molecule has 1 aliphatic rings. The van der Waals surface area contributed by atoms with Crippen LogP contribution in [-0.4, -0.2) is 56.4 Å². The molecule has 110 valence electrons. The Morgan fingerprint density at radius 2 is 1.95 bits per heavy atom. The fraction of sp³-hybridized carbons (Fsp3) is 0.846. The van der Waals surface area contributed by atoms with Crippen molar-refractivity contribution in [2.24, 2.45) is 11.8 Å². The standard InChI is InChI=1S/C13H24N2O4/c1-13(2,3)19-12(17)14-6-9-7-15(4)8-10(9)11(16)18-5/h9-10H,6-8H2,1-5H3,(H,14,17)/t9-,10-/m1/s1. The molecule has 0 aromatic rings. The molecule has 0 aromatic heterocycles. The number of rotatable bonds is 3. The van der Waals surface area contributed by atoms with E-state index >= 15 is 0 Å². The van der Waals surface area contributed by atoms with Crippen LogP contribution in [0.4, 0.5) is 4.79 Å². The van der Waals surface area contributed by atoms with E-state index in [1.807, 2.05) is 27.8 Å². The molecule has 1 rings (SSSR count). The molecule has 6 heteroatoms. The van der Waals surface area contributed by atoms with Crippen molar-refractivity contribution in [3.63, 3.8) is 0 Å². The summed E-state index contributed by atoms with van der Waals surface area (Å²) in [6, 6.07) is 0. The maximum absolute atomic E-state index is 11.7. The first-order valence-corrected chi connectivity index (χ1v) is 6.46. The second-order valence-corrected chi connectivity index (χ2v) is 5.99. The Hall–Kier alpha value is -1.30. The van der Waals surface area contributed by atoms with Crippen LogP contribution in [0.2, 0.25) is 0 Å². The fourth-order valence-electron chi connectivity index (χ4n) is 2.24. The van der Waals surface area contributed by atoms with Gasteiger partial charge in [0.05, 0.1) is 13.0 Å². The predicted molar refractivity (Wildman–Crippen MR) is 70.7 cm³/mol. The molecule has 1 saturated heterocycles. The molecule has 1 N–H and O–H groups in total. The van der Waals surface area contributed by atoms with Crippen LogP contribution in [0.25, 0.3) is 0 Å². The summed E-state index contributed by atoms with van der Waals surface area (Å²) in [5.74, 6) is -0.352. The second kappa shape index (κ2) is 6.23. The van der Waals surface area contributed by atoms with Gasteiger partial charge in [-0.2, -0.15) is 0 Å². The van der Waals surface area contributed by atoms with Gasteiger partial charge in [-0.3, -0.25) is 4.79 Å². The highest BCUT2D eigenvalue weighted by molar-refractivity contribution is 5.73. The molecule has 1 heterocycles. The Balaban J connectivity index is 2.47. The SMILES string of the molecule is COC(=O)[C@@H]1CN(C)C[C@H]1CNC(=O)OC(C)(C)C. The van der Waals surface area contributed by atoms with E-state index in [4.69, 9.17) is 9.47 Å². The molecule has 2 atom stereocenters. The summed E-state index contributed by atoms with van der Waals surface area (Å²) in [6.45, 7) is 7.27. The van der Waals surface area contributed by atoms with E-state index in [2.05, 4.69) is 10.2 Å². The van der Waals surface area contributed by atoms with Crippen LogP contribution in [0.1, 0.15) is 20.8 Å². The van der Waals surface area contributed by atoms with Gasteiger partial charge in [0.2, 0.25) is 0 Å². The fourth-order valence-corrected chi connectivity index (χ4v) is 2.24. The third-order valence-electron chi connectivity index (χ3n) is 3.03. The van der Waals surface area contributed by atoms with E-state index in [-0.39, 0.29) is 17.8 Å². The van der Waals surface area contributed by atoms with Crippen LogP contribution in [0.5, 0.6) is 0 Å². The van der Waals surface area contributed by atoms with Crippen molar-refractivity contribution in [3.8, 4) is 0 Å². The van der Waals surface area contributed by atoms with Gasteiger partial charge in [-0.05, 0) is 27.8 Å². The lowest BCUT2D eigenvalue weighted by molar-refractivity contribution is -0.146. The molecular formula is C13H24N2O4. The van der Waals surface area contributed by atoms with Crippen molar-refractivity contribution in [2.45, 2.75) is 26.4 Å². The summed E-state index contributed by atoms with van der Waals surface area (Å²) in [6.07, 6.45) is -0.453. The number of carbonyl (C=O) groups excluding carboxylic acids is 2. The highest BCUT2D eigenvalue weighted by atomic mass is 16.6. The largest absolute Gasteiger partial charge is 0.469 e. The third kappa shape index (κ3) is 5.06. The summed E-state index contributed by atoms with van der Waals surface area (Å²) < 4.78 is 9.96. The lowest BCUT2D eigenvalue weighted by Crippen LogP contribution is -2.38. The van der Waals surface area contributed by atoms with Crippen molar-refractivity contribution >= 4 is 12.1 Å². The maximum atomic E-state index is 11.7. The summed E-state index contributed by atoms with van der Waals surface area (Å²) in [7, 11) is 3.34. The number of hydrogen-bond donors (Lipinski definition) is 1. The molecule has 6 nitrogen and oxygen atoms in total. The van der Waals surface area contributed by atoms with E-state index in [1.165, 1.54) is 7.11 Å². The molecule has 0 bridgehead atoms.